The van der Waals surface area contributed by atoms with Crippen LogP contribution in [0.4, 0.5) is 0 Å². The van der Waals surface area contributed by atoms with E-state index in [9.17, 15) is 9.59 Å². The summed E-state index contributed by atoms with van der Waals surface area (Å²) in [4.78, 5) is 33.4. The van der Waals surface area contributed by atoms with Crippen LogP contribution >= 0.6 is 11.6 Å². The molecule has 2 N–H and O–H groups in total. The first-order valence-corrected chi connectivity index (χ1v) is 12.0. The molecule has 0 spiro atoms. The van der Waals surface area contributed by atoms with Gasteiger partial charge in [0, 0.05) is 38.6 Å². The van der Waals surface area contributed by atoms with Gasteiger partial charge in [-0.1, -0.05) is 17.7 Å². The van der Waals surface area contributed by atoms with Crippen LogP contribution in [0.5, 0.6) is 11.5 Å². The van der Waals surface area contributed by atoms with Crippen LogP contribution in [0, 0.1) is 6.92 Å². The summed E-state index contributed by atoms with van der Waals surface area (Å²) < 4.78 is 7.65. The summed E-state index contributed by atoms with van der Waals surface area (Å²) in [5.41, 5.74) is 4.32. The fraction of sp³-hybridized carbons (Fsp3) is 0.269. The quantitative estimate of drug-likeness (QED) is 0.428. The number of nitrogens with zero attached hydrogens (tertiary/aromatic N) is 4. The largest absolute Gasteiger partial charge is 0.457 e. The highest BCUT2D eigenvalue weighted by molar-refractivity contribution is 6.38. The molecule has 0 saturated heterocycles. The second-order valence-electron chi connectivity index (χ2n) is 8.80. The van der Waals surface area contributed by atoms with Crippen LogP contribution in [-0.2, 0) is 19.9 Å². The van der Waals surface area contributed by atoms with E-state index in [2.05, 4.69) is 25.7 Å². The zero-order valence-corrected chi connectivity index (χ0v) is 20.9. The number of aryl methyl sites for hydroxylation is 3. The molecule has 0 fully saturated rings. The summed E-state index contributed by atoms with van der Waals surface area (Å²) in [6, 6.07) is 9.18. The fourth-order valence-corrected chi connectivity index (χ4v) is 4.93. The topological polar surface area (TPSA) is 111 Å². The average molecular weight is 505 g/mol. The number of benzene rings is 1. The van der Waals surface area contributed by atoms with Gasteiger partial charge in [0.15, 0.2) is 5.65 Å². The highest BCUT2D eigenvalue weighted by atomic mass is 35.5. The number of pyridine rings is 2. The van der Waals surface area contributed by atoms with Gasteiger partial charge in [0.05, 0.1) is 21.7 Å². The molecule has 0 saturated carbocycles. The normalized spacial score (nSPS) is 14.8. The van der Waals surface area contributed by atoms with Crippen molar-refractivity contribution in [3.63, 3.8) is 0 Å². The Morgan fingerprint density at radius 3 is 2.72 bits per heavy atom. The molecule has 0 bridgehead atoms. The third-order valence-corrected chi connectivity index (χ3v) is 6.77. The summed E-state index contributed by atoms with van der Waals surface area (Å²) in [7, 11) is 3.35. The lowest BCUT2D eigenvalue weighted by Crippen LogP contribution is -2.39. The maximum absolute atomic E-state index is 13.1. The van der Waals surface area contributed by atoms with Gasteiger partial charge in [-0.25, -0.2) is 4.98 Å². The van der Waals surface area contributed by atoms with Gasteiger partial charge < -0.3 is 15.4 Å². The monoisotopic (exact) mass is 504 g/mol. The van der Waals surface area contributed by atoms with Crippen molar-refractivity contribution < 1.29 is 14.3 Å². The molecule has 10 heteroatoms. The van der Waals surface area contributed by atoms with E-state index in [0.717, 1.165) is 24.1 Å². The maximum Gasteiger partial charge on any atom is 0.269 e. The number of aromatic nitrogens is 4. The van der Waals surface area contributed by atoms with E-state index in [1.807, 2.05) is 25.1 Å². The van der Waals surface area contributed by atoms with Crippen LogP contribution in [0.25, 0.3) is 11.0 Å². The van der Waals surface area contributed by atoms with Gasteiger partial charge in [0.1, 0.15) is 17.2 Å². The number of rotatable bonds is 5. The number of nitrogens with one attached hydrogen (secondary N) is 2. The molecule has 0 aliphatic heterocycles. The number of fused-ring (bicyclic) bond motifs is 2. The van der Waals surface area contributed by atoms with E-state index < -0.39 is 0 Å². The van der Waals surface area contributed by atoms with E-state index in [-0.39, 0.29) is 23.6 Å². The molecule has 4 aromatic rings. The van der Waals surface area contributed by atoms with Gasteiger partial charge in [0.25, 0.3) is 11.8 Å². The van der Waals surface area contributed by atoms with E-state index in [4.69, 9.17) is 16.3 Å². The Morgan fingerprint density at radius 2 is 1.92 bits per heavy atom. The van der Waals surface area contributed by atoms with Crippen molar-refractivity contribution in [2.24, 2.45) is 7.05 Å². The Hall–Kier alpha value is -3.98. The second-order valence-corrected chi connectivity index (χ2v) is 9.17. The maximum atomic E-state index is 13.1. The summed E-state index contributed by atoms with van der Waals surface area (Å²) in [5, 5.41) is 11.1. The molecule has 0 radical (unpaired) electrons. The Balaban J connectivity index is 1.31. The van der Waals surface area contributed by atoms with Gasteiger partial charge in [-0.2, -0.15) is 5.10 Å². The molecule has 1 aromatic carbocycles. The standard InChI is InChI=1S/C26H25ClN6O3/c1-14-22-23(27)20(13-30-24(22)33(3)32-14)25(34)31-17-6-4-15-5-7-18(11-16(15)10-17)36-19-8-9-29-21(12-19)26(35)28-2/h5,7-9,11-13,17H,4,6,10H2,1-3H3,(H,28,35)(H,31,34). The predicted octanol–water partition coefficient (Wildman–Crippen LogP) is 3.76. The van der Waals surface area contributed by atoms with Crippen LogP contribution in [0.2, 0.25) is 5.02 Å². The van der Waals surface area contributed by atoms with Crippen LogP contribution in [0.1, 0.15) is 44.1 Å². The van der Waals surface area contributed by atoms with Crippen molar-refractivity contribution in [1.29, 1.82) is 0 Å². The lowest BCUT2D eigenvalue weighted by molar-refractivity contribution is 0.0931. The molecule has 5 rings (SSSR count). The van der Waals surface area contributed by atoms with Crippen LogP contribution < -0.4 is 15.4 Å². The minimum atomic E-state index is -0.280. The number of amides is 2. The van der Waals surface area contributed by atoms with Crippen LogP contribution in [0.3, 0.4) is 0 Å². The third kappa shape index (κ3) is 4.49. The molecular weight excluding hydrogens is 480 g/mol. The molecule has 3 aromatic heterocycles. The zero-order chi connectivity index (χ0) is 25.4. The van der Waals surface area contributed by atoms with E-state index in [1.54, 1.807) is 30.9 Å². The Morgan fingerprint density at radius 1 is 1.11 bits per heavy atom. The Kier molecular flexibility index (Phi) is 6.32. The summed E-state index contributed by atoms with van der Waals surface area (Å²) in [6.07, 6.45) is 5.36. The fourth-order valence-electron chi connectivity index (χ4n) is 4.57. The molecule has 1 aliphatic carbocycles. The number of hydrogen-bond donors (Lipinski definition) is 2. The first-order chi connectivity index (χ1) is 17.3. The van der Waals surface area contributed by atoms with Crippen LogP contribution in [0.15, 0.2) is 42.7 Å². The summed E-state index contributed by atoms with van der Waals surface area (Å²) in [5.74, 6) is 0.640. The highest BCUT2D eigenvalue weighted by Gasteiger charge is 2.24. The molecule has 3 heterocycles. The highest BCUT2D eigenvalue weighted by Crippen LogP contribution is 2.30. The van der Waals surface area contributed by atoms with Gasteiger partial charge in [-0.3, -0.25) is 19.3 Å². The molecular formula is C26H25ClN6O3. The average Bonchev–Trinajstić information content (AvgIpc) is 3.17. The Bertz CT molecular complexity index is 1500. The molecule has 1 atom stereocenters. The number of hydrogen-bond acceptors (Lipinski definition) is 6. The van der Waals surface area contributed by atoms with Crippen molar-refractivity contribution in [3.05, 3.63) is 75.8 Å². The summed E-state index contributed by atoms with van der Waals surface area (Å²) in [6.45, 7) is 1.85. The minimum absolute atomic E-state index is 0.0530. The molecule has 184 valence electrons. The third-order valence-electron chi connectivity index (χ3n) is 6.38. The van der Waals surface area contributed by atoms with E-state index in [1.165, 1.54) is 18.0 Å². The van der Waals surface area contributed by atoms with Crippen LogP contribution in [-0.4, -0.2) is 44.7 Å². The lowest BCUT2D eigenvalue weighted by Gasteiger charge is -2.26. The van der Waals surface area contributed by atoms with Crippen molar-refractivity contribution in [2.45, 2.75) is 32.2 Å². The van der Waals surface area contributed by atoms with Crippen molar-refractivity contribution in [3.8, 4) is 11.5 Å². The smallest absolute Gasteiger partial charge is 0.269 e. The summed E-state index contributed by atoms with van der Waals surface area (Å²) >= 11 is 6.59. The first-order valence-electron chi connectivity index (χ1n) is 11.6. The van der Waals surface area contributed by atoms with Gasteiger partial charge in [-0.15, -0.1) is 0 Å². The van der Waals surface area contributed by atoms with Crippen molar-refractivity contribution in [2.75, 3.05) is 7.05 Å². The molecule has 36 heavy (non-hydrogen) atoms. The van der Waals surface area contributed by atoms with E-state index >= 15 is 0 Å². The number of carbonyl (C=O) groups excluding carboxylic acids is 2. The number of carbonyl (C=O) groups is 2. The number of ether oxygens (including phenoxy) is 1. The molecule has 1 unspecified atom stereocenters. The molecule has 9 nitrogen and oxygen atoms in total. The number of halogens is 1. The predicted molar refractivity (Wildman–Crippen MR) is 136 cm³/mol. The van der Waals surface area contributed by atoms with E-state index in [0.29, 0.717) is 39.5 Å². The molecule has 1 aliphatic rings. The van der Waals surface area contributed by atoms with Crippen molar-refractivity contribution in [1.82, 2.24) is 30.4 Å². The van der Waals surface area contributed by atoms with Gasteiger partial charge in [0.2, 0.25) is 0 Å². The SMILES string of the molecule is CNC(=O)c1cc(Oc2ccc3c(c2)CC(NC(=O)c2cnc4c(c(C)nn4C)c2Cl)CC3)ccn1. The minimum Gasteiger partial charge on any atom is -0.457 e. The molecule has 2 amide bonds. The Labute approximate surface area is 212 Å². The van der Waals surface area contributed by atoms with Gasteiger partial charge in [-0.05, 0) is 55.5 Å². The first kappa shape index (κ1) is 23.7. The lowest BCUT2D eigenvalue weighted by atomic mass is 9.88. The zero-order valence-electron chi connectivity index (χ0n) is 20.1. The van der Waals surface area contributed by atoms with Gasteiger partial charge >= 0.3 is 0 Å². The second kappa shape index (κ2) is 9.58. The van der Waals surface area contributed by atoms with Crippen molar-refractivity contribution >= 4 is 34.4 Å².